The normalized spacial score (nSPS) is 11.1. The van der Waals surface area contributed by atoms with Crippen molar-refractivity contribution in [1.82, 2.24) is 9.88 Å². The third-order valence-electron chi connectivity index (χ3n) is 3.54. The van der Waals surface area contributed by atoms with Crippen molar-refractivity contribution in [1.29, 1.82) is 5.26 Å². The maximum absolute atomic E-state index is 8.57. The SMILES string of the molecule is CC(C)NCc1cccc2c1ccn2CCCCC#N. The van der Waals surface area contributed by atoms with E-state index in [1.165, 1.54) is 16.5 Å². The minimum Gasteiger partial charge on any atom is -0.347 e. The van der Waals surface area contributed by atoms with Crippen molar-refractivity contribution in [2.24, 2.45) is 0 Å². The monoisotopic (exact) mass is 269 g/mol. The van der Waals surface area contributed by atoms with E-state index >= 15 is 0 Å². The summed E-state index contributed by atoms with van der Waals surface area (Å²) in [5.41, 5.74) is 2.65. The Hall–Kier alpha value is -1.79. The third kappa shape index (κ3) is 3.61. The first-order chi connectivity index (χ1) is 9.72. The second-order valence-corrected chi connectivity index (χ2v) is 5.51. The lowest BCUT2D eigenvalue weighted by molar-refractivity contribution is 0.590. The molecule has 3 heteroatoms. The number of nitrogens with one attached hydrogen (secondary N) is 1. The quantitative estimate of drug-likeness (QED) is 0.776. The zero-order chi connectivity index (χ0) is 14.4. The van der Waals surface area contributed by atoms with Gasteiger partial charge >= 0.3 is 0 Å². The number of nitrogens with zero attached hydrogens (tertiary/aromatic N) is 2. The molecule has 2 aromatic rings. The number of rotatable bonds is 7. The van der Waals surface area contributed by atoms with Crippen LogP contribution in [-0.4, -0.2) is 10.6 Å². The highest BCUT2D eigenvalue weighted by Gasteiger charge is 2.05. The van der Waals surface area contributed by atoms with Crippen molar-refractivity contribution in [3.05, 3.63) is 36.0 Å². The molecule has 0 unspecified atom stereocenters. The molecular formula is C17H23N3. The molecule has 1 aromatic carbocycles. The molecule has 0 atom stereocenters. The first-order valence-corrected chi connectivity index (χ1v) is 7.39. The lowest BCUT2D eigenvalue weighted by Crippen LogP contribution is -2.21. The summed E-state index contributed by atoms with van der Waals surface area (Å²) >= 11 is 0. The highest BCUT2D eigenvalue weighted by molar-refractivity contribution is 5.83. The number of aryl methyl sites for hydroxylation is 1. The Morgan fingerprint density at radius 3 is 2.85 bits per heavy atom. The molecule has 106 valence electrons. The molecule has 0 saturated heterocycles. The molecule has 1 heterocycles. The van der Waals surface area contributed by atoms with E-state index in [0.717, 1.165) is 25.9 Å². The Bertz CT molecular complexity index is 590. The molecule has 0 fully saturated rings. The number of hydrogen-bond donors (Lipinski definition) is 1. The first-order valence-electron chi connectivity index (χ1n) is 7.39. The van der Waals surface area contributed by atoms with E-state index in [-0.39, 0.29) is 0 Å². The van der Waals surface area contributed by atoms with Gasteiger partial charge in [0.15, 0.2) is 0 Å². The molecule has 0 bridgehead atoms. The van der Waals surface area contributed by atoms with Crippen LogP contribution in [0.4, 0.5) is 0 Å². The van der Waals surface area contributed by atoms with Crippen LogP contribution in [0.15, 0.2) is 30.5 Å². The van der Waals surface area contributed by atoms with Gasteiger partial charge in [0.1, 0.15) is 0 Å². The minimum atomic E-state index is 0.498. The van der Waals surface area contributed by atoms with E-state index < -0.39 is 0 Å². The van der Waals surface area contributed by atoms with E-state index in [9.17, 15) is 0 Å². The Labute approximate surface area is 121 Å². The maximum Gasteiger partial charge on any atom is 0.0621 e. The Morgan fingerprint density at radius 2 is 2.10 bits per heavy atom. The summed E-state index contributed by atoms with van der Waals surface area (Å²) in [6.45, 7) is 6.24. The molecule has 1 N–H and O–H groups in total. The topological polar surface area (TPSA) is 40.8 Å². The fraction of sp³-hybridized carbons (Fsp3) is 0.471. The molecule has 0 aliphatic carbocycles. The largest absolute Gasteiger partial charge is 0.347 e. The van der Waals surface area contributed by atoms with Gasteiger partial charge in [0.2, 0.25) is 0 Å². The summed E-state index contributed by atoms with van der Waals surface area (Å²) in [7, 11) is 0. The Morgan fingerprint density at radius 1 is 1.25 bits per heavy atom. The van der Waals surface area contributed by atoms with E-state index in [1.54, 1.807) is 0 Å². The molecule has 0 saturated carbocycles. The lowest BCUT2D eigenvalue weighted by Gasteiger charge is -2.10. The number of hydrogen-bond acceptors (Lipinski definition) is 2. The highest BCUT2D eigenvalue weighted by atomic mass is 15.0. The van der Waals surface area contributed by atoms with Gasteiger partial charge in [0.05, 0.1) is 6.07 Å². The molecule has 0 aliphatic heterocycles. The smallest absolute Gasteiger partial charge is 0.0621 e. The predicted octanol–water partition coefficient (Wildman–Crippen LogP) is 3.83. The summed E-state index contributed by atoms with van der Waals surface area (Å²) in [5, 5.41) is 13.4. The average Bonchev–Trinajstić information content (AvgIpc) is 2.85. The van der Waals surface area contributed by atoms with Gasteiger partial charge in [-0.25, -0.2) is 0 Å². The van der Waals surface area contributed by atoms with Crippen molar-refractivity contribution in [2.75, 3.05) is 0 Å². The second kappa shape index (κ2) is 7.12. The van der Waals surface area contributed by atoms with Gasteiger partial charge in [-0.1, -0.05) is 26.0 Å². The number of nitriles is 1. The highest BCUT2D eigenvalue weighted by Crippen LogP contribution is 2.21. The van der Waals surface area contributed by atoms with Gasteiger partial charge in [0.25, 0.3) is 0 Å². The zero-order valence-electron chi connectivity index (χ0n) is 12.4. The second-order valence-electron chi connectivity index (χ2n) is 5.51. The van der Waals surface area contributed by atoms with Gasteiger partial charge in [-0.2, -0.15) is 5.26 Å². The van der Waals surface area contributed by atoms with Crippen LogP contribution in [0.2, 0.25) is 0 Å². The van der Waals surface area contributed by atoms with Gasteiger partial charge in [-0.3, -0.25) is 0 Å². The van der Waals surface area contributed by atoms with Gasteiger partial charge < -0.3 is 9.88 Å². The van der Waals surface area contributed by atoms with E-state index in [1.807, 2.05) is 0 Å². The number of benzene rings is 1. The van der Waals surface area contributed by atoms with Crippen LogP contribution in [0.25, 0.3) is 10.9 Å². The van der Waals surface area contributed by atoms with E-state index in [0.29, 0.717) is 12.5 Å². The van der Waals surface area contributed by atoms with E-state index in [2.05, 4.69) is 60.3 Å². The Kier molecular flexibility index (Phi) is 5.20. The molecule has 1 aromatic heterocycles. The number of fused-ring (bicyclic) bond motifs is 1. The summed E-state index contributed by atoms with van der Waals surface area (Å²) < 4.78 is 2.30. The number of aromatic nitrogens is 1. The summed E-state index contributed by atoms with van der Waals surface area (Å²) in [4.78, 5) is 0. The fourth-order valence-corrected chi connectivity index (χ4v) is 2.44. The standard InChI is InChI=1S/C17H23N3/c1-14(2)19-13-15-7-6-8-17-16(15)9-12-20(17)11-5-3-4-10-18/h6-9,12,14,19H,3-5,11,13H2,1-2H3. The van der Waals surface area contributed by atoms with E-state index in [4.69, 9.17) is 5.26 Å². The predicted molar refractivity (Wildman–Crippen MR) is 83.4 cm³/mol. The summed E-state index contributed by atoms with van der Waals surface area (Å²) in [6.07, 6.45) is 4.86. The van der Waals surface area contributed by atoms with Crippen LogP contribution in [0, 0.1) is 11.3 Å². The summed E-state index contributed by atoms with van der Waals surface area (Å²) in [6, 6.07) is 11.4. The fourth-order valence-electron chi connectivity index (χ4n) is 2.44. The van der Waals surface area contributed by atoms with Crippen LogP contribution in [0.5, 0.6) is 0 Å². The van der Waals surface area contributed by atoms with Crippen LogP contribution in [-0.2, 0) is 13.1 Å². The van der Waals surface area contributed by atoms with Gasteiger partial charge in [0, 0.05) is 42.7 Å². The van der Waals surface area contributed by atoms with Crippen LogP contribution >= 0.6 is 0 Å². The molecule has 0 aliphatic rings. The molecule has 3 nitrogen and oxygen atoms in total. The van der Waals surface area contributed by atoms with Crippen molar-refractivity contribution in [3.63, 3.8) is 0 Å². The van der Waals surface area contributed by atoms with Crippen LogP contribution in [0.3, 0.4) is 0 Å². The Balaban J connectivity index is 2.11. The molecule has 20 heavy (non-hydrogen) atoms. The maximum atomic E-state index is 8.57. The molecule has 0 spiro atoms. The number of unbranched alkanes of at least 4 members (excludes halogenated alkanes) is 2. The van der Waals surface area contributed by atoms with Crippen LogP contribution < -0.4 is 5.32 Å². The van der Waals surface area contributed by atoms with Crippen LogP contribution in [0.1, 0.15) is 38.7 Å². The lowest BCUT2D eigenvalue weighted by atomic mass is 10.1. The molecule has 0 amide bonds. The van der Waals surface area contributed by atoms with Crippen molar-refractivity contribution in [2.45, 2.75) is 52.2 Å². The van der Waals surface area contributed by atoms with Crippen molar-refractivity contribution >= 4 is 10.9 Å². The molecular weight excluding hydrogens is 246 g/mol. The molecule has 2 rings (SSSR count). The zero-order valence-corrected chi connectivity index (χ0v) is 12.4. The first kappa shape index (κ1) is 14.6. The average molecular weight is 269 g/mol. The molecule has 0 radical (unpaired) electrons. The van der Waals surface area contributed by atoms with Crippen molar-refractivity contribution < 1.29 is 0 Å². The van der Waals surface area contributed by atoms with Crippen molar-refractivity contribution in [3.8, 4) is 6.07 Å². The van der Waals surface area contributed by atoms with Gasteiger partial charge in [-0.15, -0.1) is 0 Å². The summed E-state index contributed by atoms with van der Waals surface area (Å²) in [5.74, 6) is 0. The third-order valence-corrected chi connectivity index (χ3v) is 3.54. The minimum absolute atomic E-state index is 0.498. The van der Waals surface area contributed by atoms with Gasteiger partial charge in [-0.05, 0) is 30.5 Å².